The van der Waals surface area contributed by atoms with Gasteiger partial charge in [0.15, 0.2) is 0 Å². The molecular weight excluding hydrogens is 248 g/mol. The Kier molecular flexibility index (Phi) is 7.55. The predicted molar refractivity (Wildman–Crippen MR) is 69.5 cm³/mol. The van der Waals surface area contributed by atoms with Crippen molar-refractivity contribution in [1.29, 1.82) is 0 Å². The van der Waals surface area contributed by atoms with Crippen molar-refractivity contribution in [3.63, 3.8) is 0 Å². The summed E-state index contributed by atoms with van der Waals surface area (Å²) in [7, 11) is 0.478. The van der Waals surface area contributed by atoms with E-state index in [2.05, 4.69) is 5.32 Å². The molecule has 6 heteroatoms. The highest BCUT2D eigenvalue weighted by molar-refractivity contribution is 7.89. The molecule has 0 atom stereocenters. The fraction of sp³-hybridized carbons (Fsp3) is 1.00. The molecule has 0 heterocycles. The second-order valence-corrected chi connectivity index (χ2v) is 6.52. The van der Waals surface area contributed by atoms with Crippen molar-refractivity contribution in [2.75, 3.05) is 32.9 Å². The van der Waals surface area contributed by atoms with Crippen LogP contribution >= 0.6 is 12.4 Å². The summed E-state index contributed by atoms with van der Waals surface area (Å²) in [6, 6.07) is 0. The molecule has 16 heavy (non-hydrogen) atoms. The molecule has 0 aromatic heterocycles. The molecule has 1 N–H and O–H groups in total. The van der Waals surface area contributed by atoms with Crippen LogP contribution in [0.2, 0.25) is 0 Å². The van der Waals surface area contributed by atoms with Crippen molar-refractivity contribution in [3.8, 4) is 0 Å². The molecule has 0 radical (unpaired) electrons. The number of nitrogens with zero attached hydrogens (tertiary/aromatic N) is 1. The van der Waals surface area contributed by atoms with Gasteiger partial charge in [-0.15, -0.1) is 12.4 Å². The molecule has 1 saturated carbocycles. The number of halogens is 1. The molecule has 4 nitrogen and oxygen atoms in total. The highest BCUT2D eigenvalue weighted by Gasteiger charge is 2.23. The van der Waals surface area contributed by atoms with Crippen molar-refractivity contribution in [2.24, 2.45) is 5.92 Å². The van der Waals surface area contributed by atoms with E-state index >= 15 is 0 Å². The molecule has 1 rings (SSSR count). The highest BCUT2D eigenvalue weighted by Crippen LogP contribution is 2.29. The Morgan fingerprint density at radius 2 is 2.00 bits per heavy atom. The maximum Gasteiger partial charge on any atom is 0.213 e. The quantitative estimate of drug-likeness (QED) is 0.753. The lowest BCUT2D eigenvalue weighted by molar-refractivity contribution is 0.305. The Hall–Kier alpha value is 0.160. The van der Waals surface area contributed by atoms with Crippen LogP contribution in [0.5, 0.6) is 0 Å². The van der Waals surface area contributed by atoms with Gasteiger partial charge in [-0.3, -0.25) is 0 Å². The standard InChI is InChI=1S/C10H22N2O2S.ClH/c1-11-7-8-12(2)15(13,14)9-6-10-4-3-5-10;/h10-11H,3-9H2,1-2H3;1H. The Morgan fingerprint density at radius 1 is 1.38 bits per heavy atom. The van der Waals surface area contributed by atoms with Crippen molar-refractivity contribution < 1.29 is 8.42 Å². The SMILES string of the molecule is CNCCN(C)S(=O)(=O)CCC1CCC1.Cl. The Balaban J connectivity index is 0.00000225. The van der Waals surface area contributed by atoms with Gasteiger partial charge in [0.1, 0.15) is 0 Å². The van der Waals surface area contributed by atoms with E-state index in [0.29, 0.717) is 24.8 Å². The van der Waals surface area contributed by atoms with Gasteiger partial charge in [-0.1, -0.05) is 19.3 Å². The molecule has 1 aliphatic carbocycles. The molecule has 1 aliphatic rings. The molecule has 0 saturated heterocycles. The minimum absolute atomic E-state index is 0. The van der Waals surface area contributed by atoms with E-state index in [-0.39, 0.29) is 12.4 Å². The molecule has 98 valence electrons. The van der Waals surface area contributed by atoms with E-state index in [1.807, 2.05) is 7.05 Å². The predicted octanol–water partition coefficient (Wildman–Crippen LogP) is 1.08. The zero-order valence-corrected chi connectivity index (χ0v) is 11.7. The third kappa shape index (κ3) is 4.99. The number of sulfonamides is 1. The molecule has 0 unspecified atom stereocenters. The minimum Gasteiger partial charge on any atom is -0.318 e. The van der Waals surface area contributed by atoms with Crippen LogP contribution in [-0.4, -0.2) is 45.7 Å². The lowest BCUT2D eigenvalue weighted by Gasteiger charge is -2.26. The summed E-state index contributed by atoms with van der Waals surface area (Å²) in [6.07, 6.45) is 4.55. The minimum atomic E-state index is -3.01. The first kappa shape index (κ1) is 16.2. The van der Waals surface area contributed by atoms with Gasteiger partial charge in [-0.2, -0.15) is 0 Å². The smallest absolute Gasteiger partial charge is 0.213 e. The van der Waals surface area contributed by atoms with E-state index in [1.165, 1.54) is 23.6 Å². The molecular formula is C10H23ClN2O2S. The Labute approximate surface area is 105 Å². The van der Waals surface area contributed by atoms with Gasteiger partial charge in [0, 0.05) is 20.1 Å². The van der Waals surface area contributed by atoms with Gasteiger partial charge in [0.25, 0.3) is 0 Å². The van der Waals surface area contributed by atoms with Gasteiger partial charge in [0.05, 0.1) is 5.75 Å². The average Bonchev–Trinajstić information content (AvgIpc) is 2.11. The summed E-state index contributed by atoms with van der Waals surface area (Å²) in [5, 5.41) is 2.95. The van der Waals surface area contributed by atoms with Crippen LogP contribution in [0.15, 0.2) is 0 Å². The van der Waals surface area contributed by atoms with Crippen molar-refractivity contribution in [1.82, 2.24) is 9.62 Å². The number of nitrogens with one attached hydrogen (secondary N) is 1. The number of rotatable bonds is 7. The van der Waals surface area contributed by atoms with Gasteiger partial charge < -0.3 is 5.32 Å². The third-order valence-corrected chi connectivity index (χ3v) is 5.04. The van der Waals surface area contributed by atoms with E-state index in [0.717, 1.165) is 6.42 Å². The second-order valence-electron chi connectivity index (χ2n) is 4.33. The molecule has 0 aromatic rings. The van der Waals surface area contributed by atoms with Crippen LogP contribution in [0.25, 0.3) is 0 Å². The van der Waals surface area contributed by atoms with Crippen molar-refractivity contribution in [2.45, 2.75) is 25.7 Å². The topological polar surface area (TPSA) is 49.4 Å². The van der Waals surface area contributed by atoms with Crippen LogP contribution < -0.4 is 5.32 Å². The molecule has 0 aliphatic heterocycles. The summed E-state index contributed by atoms with van der Waals surface area (Å²) >= 11 is 0. The van der Waals surface area contributed by atoms with Gasteiger partial charge >= 0.3 is 0 Å². The van der Waals surface area contributed by atoms with Crippen molar-refractivity contribution >= 4 is 22.4 Å². The normalized spacial score (nSPS) is 16.9. The molecule has 0 spiro atoms. The third-order valence-electron chi connectivity index (χ3n) is 3.16. The number of likely N-dealkylation sites (N-methyl/N-ethyl adjacent to an activating group) is 2. The van der Waals surface area contributed by atoms with E-state index < -0.39 is 10.0 Å². The first-order valence-corrected chi connectivity index (χ1v) is 7.26. The van der Waals surface area contributed by atoms with Gasteiger partial charge in [0.2, 0.25) is 10.0 Å². The van der Waals surface area contributed by atoms with Gasteiger partial charge in [-0.25, -0.2) is 12.7 Å². The Bertz CT molecular complexity index is 279. The Morgan fingerprint density at radius 3 is 2.44 bits per heavy atom. The molecule has 0 aromatic carbocycles. The zero-order chi connectivity index (χ0) is 11.3. The molecule has 1 fully saturated rings. The largest absolute Gasteiger partial charge is 0.318 e. The lowest BCUT2D eigenvalue weighted by Crippen LogP contribution is -2.35. The number of hydrogen-bond donors (Lipinski definition) is 1. The monoisotopic (exact) mass is 270 g/mol. The average molecular weight is 271 g/mol. The summed E-state index contributed by atoms with van der Waals surface area (Å²) in [4.78, 5) is 0. The molecule has 0 amide bonds. The number of hydrogen-bond acceptors (Lipinski definition) is 3. The van der Waals surface area contributed by atoms with Crippen LogP contribution in [0.1, 0.15) is 25.7 Å². The van der Waals surface area contributed by atoms with Crippen molar-refractivity contribution in [3.05, 3.63) is 0 Å². The fourth-order valence-electron chi connectivity index (χ4n) is 1.66. The lowest BCUT2D eigenvalue weighted by atomic mass is 9.84. The summed E-state index contributed by atoms with van der Waals surface area (Å²) in [5.74, 6) is 0.982. The maximum atomic E-state index is 11.8. The summed E-state index contributed by atoms with van der Waals surface area (Å²) in [6.45, 7) is 1.27. The fourth-order valence-corrected chi connectivity index (χ4v) is 2.97. The van der Waals surface area contributed by atoms with E-state index in [9.17, 15) is 8.42 Å². The summed E-state index contributed by atoms with van der Waals surface area (Å²) < 4.78 is 25.0. The summed E-state index contributed by atoms with van der Waals surface area (Å²) in [5.41, 5.74) is 0. The first-order valence-electron chi connectivity index (χ1n) is 5.65. The van der Waals surface area contributed by atoms with E-state index in [4.69, 9.17) is 0 Å². The maximum absolute atomic E-state index is 11.8. The zero-order valence-electron chi connectivity index (χ0n) is 10.1. The van der Waals surface area contributed by atoms with Crippen LogP contribution in [0.3, 0.4) is 0 Å². The van der Waals surface area contributed by atoms with Gasteiger partial charge in [-0.05, 0) is 19.4 Å². The van der Waals surface area contributed by atoms with E-state index in [1.54, 1.807) is 7.05 Å². The second kappa shape index (κ2) is 7.48. The van der Waals surface area contributed by atoms with Crippen LogP contribution in [0.4, 0.5) is 0 Å². The highest BCUT2D eigenvalue weighted by atomic mass is 35.5. The molecule has 0 bridgehead atoms. The first-order chi connectivity index (χ1) is 7.06. The van der Waals surface area contributed by atoms with Crippen LogP contribution in [0, 0.1) is 5.92 Å². The van der Waals surface area contributed by atoms with Crippen LogP contribution in [-0.2, 0) is 10.0 Å².